The first-order valence-corrected chi connectivity index (χ1v) is 11.4. The molecule has 1 saturated carbocycles. The van der Waals surface area contributed by atoms with Crippen molar-refractivity contribution in [3.8, 4) is 0 Å². The molecule has 5 rings (SSSR count). The van der Waals surface area contributed by atoms with Crippen molar-refractivity contribution in [2.24, 2.45) is 11.8 Å². The molecule has 3 aliphatic rings. The summed E-state index contributed by atoms with van der Waals surface area (Å²) in [4.78, 5) is 30.1. The van der Waals surface area contributed by atoms with Gasteiger partial charge in [0.05, 0.1) is 36.7 Å². The summed E-state index contributed by atoms with van der Waals surface area (Å²) in [5.74, 6) is 1.15. The number of hydrogen-bond donors (Lipinski definition) is 2. The van der Waals surface area contributed by atoms with Crippen LogP contribution >= 0.6 is 0 Å². The van der Waals surface area contributed by atoms with E-state index >= 15 is 0 Å². The van der Waals surface area contributed by atoms with Crippen LogP contribution in [0.15, 0.2) is 30.6 Å². The topological polar surface area (TPSA) is 108 Å². The molecule has 0 spiro atoms. The molecule has 9 heteroatoms. The van der Waals surface area contributed by atoms with Gasteiger partial charge in [-0.3, -0.25) is 14.5 Å². The predicted octanol–water partition coefficient (Wildman–Crippen LogP) is 1.06. The highest BCUT2D eigenvalue weighted by Gasteiger charge is 2.44. The molecule has 2 saturated heterocycles. The summed E-state index contributed by atoms with van der Waals surface area (Å²) in [6.45, 7) is 5.35. The van der Waals surface area contributed by atoms with E-state index in [9.17, 15) is 9.90 Å². The quantitative estimate of drug-likeness (QED) is 0.679. The highest BCUT2D eigenvalue weighted by atomic mass is 16.5. The van der Waals surface area contributed by atoms with Gasteiger partial charge in [0.2, 0.25) is 5.91 Å². The number of carboxylic acid groups (broad SMARTS) is 1. The van der Waals surface area contributed by atoms with Crippen LogP contribution in [0.2, 0.25) is 0 Å². The number of aliphatic hydroxyl groups is 1. The Balaban J connectivity index is 0.000000775. The number of morpholine rings is 1. The van der Waals surface area contributed by atoms with Crippen molar-refractivity contribution in [3.63, 3.8) is 0 Å². The third-order valence-corrected chi connectivity index (χ3v) is 7.07. The number of fused-ring (bicyclic) bond motifs is 2. The van der Waals surface area contributed by atoms with E-state index in [4.69, 9.17) is 14.6 Å². The summed E-state index contributed by atoms with van der Waals surface area (Å²) in [6, 6.07) is 8.24. The molecule has 4 atom stereocenters. The molecule has 1 aromatic heterocycles. The number of ether oxygens (including phenoxy) is 1. The van der Waals surface area contributed by atoms with Crippen LogP contribution in [-0.2, 0) is 20.9 Å². The van der Waals surface area contributed by atoms with Crippen LogP contribution in [0.3, 0.4) is 0 Å². The third kappa shape index (κ3) is 4.95. The van der Waals surface area contributed by atoms with Crippen molar-refractivity contribution in [1.82, 2.24) is 19.4 Å². The van der Waals surface area contributed by atoms with E-state index in [1.807, 2.05) is 35.5 Å². The van der Waals surface area contributed by atoms with Crippen LogP contribution in [0, 0.1) is 11.8 Å². The normalized spacial score (nSPS) is 28.1. The van der Waals surface area contributed by atoms with Gasteiger partial charge in [-0.1, -0.05) is 12.1 Å². The van der Waals surface area contributed by atoms with Crippen molar-refractivity contribution in [2.75, 3.05) is 39.4 Å². The Hall–Kier alpha value is -2.49. The zero-order chi connectivity index (χ0) is 22.5. The Bertz CT molecular complexity index is 913. The molecule has 2 aromatic rings. The summed E-state index contributed by atoms with van der Waals surface area (Å²) in [6.07, 6.45) is 3.83. The first-order valence-electron chi connectivity index (χ1n) is 11.4. The molecule has 1 aliphatic carbocycles. The number of rotatable bonds is 4. The molecule has 3 fully saturated rings. The minimum Gasteiger partial charge on any atom is -0.483 e. The van der Waals surface area contributed by atoms with E-state index in [1.165, 1.54) is 0 Å². The number of aryl methyl sites for hydroxylation is 1. The van der Waals surface area contributed by atoms with Crippen molar-refractivity contribution in [1.29, 1.82) is 0 Å². The number of benzene rings is 1. The second-order valence-electron chi connectivity index (χ2n) is 8.86. The van der Waals surface area contributed by atoms with Crippen LogP contribution in [-0.4, -0.2) is 93.5 Å². The molecule has 0 unspecified atom stereocenters. The third-order valence-electron chi connectivity index (χ3n) is 7.07. The fourth-order valence-electron chi connectivity index (χ4n) is 5.48. The molecule has 1 aromatic carbocycles. The Morgan fingerprint density at radius 3 is 2.59 bits per heavy atom. The minimum atomic E-state index is -0.290. The van der Waals surface area contributed by atoms with Crippen LogP contribution in [0.25, 0.3) is 11.0 Å². The standard InChI is InChI=1S/C22H30N4O3.CH2O2/c27-21-12-17-14-26(13-16(17)11-20(21)24-7-9-29-10-8-24)22(28)5-6-25-15-23-18-3-1-2-4-19(18)25;2-1-3/h1-4,15-17,20-21,27H,5-14H2;1H,(H,2,3)/t16-,17+,20-,21-;/m1./s1. The van der Waals surface area contributed by atoms with Crippen molar-refractivity contribution in [3.05, 3.63) is 30.6 Å². The molecule has 1 amide bonds. The second kappa shape index (κ2) is 10.4. The van der Waals surface area contributed by atoms with E-state index in [2.05, 4.69) is 14.5 Å². The average Bonchev–Trinajstić information content (AvgIpc) is 3.42. The molecule has 9 nitrogen and oxygen atoms in total. The lowest BCUT2D eigenvalue weighted by Gasteiger charge is -2.43. The number of hydrogen-bond acceptors (Lipinski definition) is 6. The fraction of sp³-hybridized carbons (Fsp3) is 0.609. The smallest absolute Gasteiger partial charge is 0.290 e. The number of amides is 1. The highest BCUT2D eigenvalue weighted by molar-refractivity contribution is 5.78. The molecule has 32 heavy (non-hydrogen) atoms. The number of carbonyl (C=O) groups is 2. The first-order chi connectivity index (χ1) is 15.6. The molecule has 0 radical (unpaired) electrons. The maximum Gasteiger partial charge on any atom is 0.290 e. The molecular formula is C23H32N4O5. The fourth-order valence-corrected chi connectivity index (χ4v) is 5.48. The van der Waals surface area contributed by atoms with Gasteiger partial charge >= 0.3 is 0 Å². The Kier molecular flexibility index (Phi) is 7.39. The van der Waals surface area contributed by atoms with Gasteiger partial charge in [0.25, 0.3) is 6.47 Å². The molecule has 2 N–H and O–H groups in total. The Morgan fingerprint density at radius 1 is 1.16 bits per heavy atom. The lowest BCUT2D eigenvalue weighted by molar-refractivity contribution is -0.130. The monoisotopic (exact) mass is 444 g/mol. The van der Waals surface area contributed by atoms with E-state index in [0.29, 0.717) is 24.8 Å². The zero-order valence-corrected chi connectivity index (χ0v) is 18.3. The molecular weight excluding hydrogens is 412 g/mol. The van der Waals surface area contributed by atoms with Gasteiger partial charge < -0.3 is 24.4 Å². The summed E-state index contributed by atoms with van der Waals surface area (Å²) < 4.78 is 7.53. The summed E-state index contributed by atoms with van der Waals surface area (Å²) >= 11 is 0. The summed E-state index contributed by atoms with van der Waals surface area (Å²) in [7, 11) is 0. The Morgan fingerprint density at radius 2 is 1.84 bits per heavy atom. The van der Waals surface area contributed by atoms with Gasteiger partial charge in [-0.05, 0) is 36.8 Å². The lowest BCUT2D eigenvalue weighted by Crippen LogP contribution is -2.53. The number of aliphatic hydroxyl groups excluding tert-OH is 1. The maximum atomic E-state index is 12.9. The summed E-state index contributed by atoms with van der Waals surface area (Å²) in [5.41, 5.74) is 2.04. The number of imidazole rings is 1. The van der Waals surface area contributed by atoms with Crippen molar-refractivity contribution >= 4 is 23.4 Å². The van der Waals surface area contributed by atoms with Crippen LogP contribution in [0.5, 0.6) is 0 Å². The van der Waals surface area contributed by atoms with Crippen molar-refractivity contribution < 1.29 is 24.5 Å². The number of carbonyl (C=O) groups excluding carboxylic acids is 1. The highest BCUT2D eigenvalue weighted by Crippen LogP contribution is 2.38. The van der Waals surface area contributed by atoms with E-state index < -0.39 is 0 Å². The number of nitrogens with zero attached hydrogens (tertiary/aromatic N) is 4. The predicted molar refractivity (Wildman–Crippen MR) is 118 cm³/mol. The number of aromatic nitrogens is 2. The largest absolute Gasteiger partial charge is 0.483 e. The van der Waals surface area contributed by atoms with Gasteiger partial charge in [-0.2, -0.15) is 0 Å². The van der Waals surface area contributed by atoms with Crippen LogP contribution in [0.4, 0.5) is 0 Å². The van der Waals surface area contributed by atoms with Gasteiger partial charge in [0.15, 0.2) is 0 Å². The molecule has 174 valence electrons. The van der Waals surface area contributed by atoms with Gasteiger partial charge in [-0.25, -0.2) is 4.98 Å². The van der Waals surface area contributed by atoms with E-state index in [1.54, 1.807) is 0 Å². The molecule has 3 heterocycles. The second-order valence-corrected chi connectivity index (χ2v) is 8.86. The molecule has 0 bridgehead atoms. The SMILES string of the molecule is O=C(CCn1cnc2ccccc21)N1C[C@H]2C[C@@H](N3CCOCC3)[C@H](O)C[C@H]2C1.O=CO. The van der Waals surface area contributed by atoms with Crippen molar-refractivity contribution in [2.45, 2.75) is 38.0 Å². The van der Waals surface area contributed by atoms with Gasteiger partial charge in [0, 0.05) is 45.2 Å². The van der Waals surface area contributed by atoms with E-state index in [-0.39, 0.29) is 24.5 Å². The van der Waals surface area contributed by atoms with Crippen LogP contribution < -0.4 is 0 Å². The maximum absolute atomic E-state index is 12.9. The summed E-state index contributed by atoms with van der Waals surface area (Å²) in [5, 5.41) is 17.6. The minimum absolute atomic E-state index is 0.215. The lowest BCUT2D eigenvalue weighted by atomic mass is 9.77. The Labute approximate surface area is 187 Å². The average molecular weight is 445 g/mol. The van der Waals surface area contributed by atoms with Gasteiger partial charge in [0.1, 0.15) is 0 Å². The van der Waals surface area contributed by atoms with Gasteiger partial charge in [-0.15, -0.1) is 0 Å². The first kappa shape index (κ1) is 22.7. The zero-order valence-electron chi connectivity index (χ0n) is 18.3. The van der Waals surface area contributed by atoms with E-state index in [0.717, 1.165) is 63.3 Å². The number of likely N-dealkylation sites (tertiary alicyclic amines) is 1. The van der Waals surface area contributed by atoms with Crippen LogP contribution in [0.1, 0.15) is 19.3 Å². The molecule has 2 aliphatic heterocycles. The number of para-hydroxylation sites is 2.